The largest absolute Gasteiger partial charge is 0.734 e. The van der Waals surface area contributed by atoms with E-state index in [0.717, 1.165) is 0 Å². The van der Waals surface area contributed by atoms with E-state index in [1.54, 1.807) is 146 Å². The molecule has 0 fully saturated rings. The summed E-state index contributed by atoms with van der Waals surface area (Å²) < 4.78 is 64.3. The molecular weight excluding hydrogens is 670 g/mol. The van der Waals surface area contributed by atoms with E-state index in [9.17, 15) is 4.21 Å². The van der Waals surface area contributed by atoms with Crippen LogP contribution in [0.15, 0.2) is 182 Å². The molecule has 0 spiro atoms. The minimum Gasteiger partial charge on any atom is -0.247 e. The van der Waals surface area contributed by atoms with E-state index in [2.05, 4.69) is 0 Å². The normalized spacial score (nSPS) is 11.4. The van der Waals surface area contributed by atoms with E-state index < -0.39 is 27.7 Å². The van der Waals surface area contributed by atoms with Crippen LogP contribution < -0.4 is 27.1 Å². The van der Waals surface area contributed by atoms with E-state index >= 15 is 0 Å². The van der Waals surface area contributed by atoms with Crippen LogP contribution in [0.1, 0.15) is 0 Å². The lowest BCUT2D eigenvalue weighted by Crippen LogP contribution is -2.23. The zero-order chi connectivity index (χ0) is 32.9. The third-order valence-corrected chi connectivity index (χ3v) is 11.1. The topological polar surface area (TPSA) is 90.9 Å². The lowest BCUT2D eigenvalue weighted by atomic mass is 10.3. The predicted octanol–water partition coefficient (Wildman–Crippen LogP) is 10.4. The third kappa shape index (κ3) is 9.55. The fourth-order valence-electron chi connectivity index (χ4n) is 4.03. The van der Waals surface area contributed by atoms with Crippen molar-refractivity contribution in [1.29, 1.82) is 0 Å². The first-order valence-electron chi connectivity index (χ1n) is 14.6. The minimum absolute atomic E-state index is 0.331. The second-order valence-electron chi connectivity index (χ2n) is 9.67. The highest BCUT2D eigenvalue weighted by Crippen LogP contribution is 2.66. The van der Waals surface area contributed by atoms with E-state index in [0.29, 0.717) is 34.5 Å². The summed E-state index contributed by atoms with van der Waals surface area (Å²) in [6, 6.07) is 52.5. The first-order chi connectivity index (χ1) is 23.6. The summed E-state index contributed by atoms with van der Waals surface area (Å²) in [6.07, 6.45) is 0. The van der Waals surface area contributed by atoms with Crippen molar-refractivity contribution >= 4 is 27.7 Å². The SMILES string of the molecule is O=S(O[P+](Oc1ccccc1)(Oc1ccccc1)Oc1ccccc1)O[P+](Oc1ccccc1)(Oc1ccccc1)Oc1ccccc1. The van der Waals surface area contributed by atoms with Crippen LogP contribution in [0.25, 0.3) is 0 Å². The van der Waals surface area contributed by atoms with E-state index in [1.807, 2.05) is 36.4 Å². The van der Waals surface area contributed by atoms with Gasteiger partial charge in [0.1, 0.15) is 0 Å². The molecule has 48 heavy (non-hydrogen) atoms. The van der Waals surface area contributed by atoms with Gasteiger partial charge < -0.3 is 0 Å². The molecule has 0 heterocycles. The Kier molecular flexibility index (Phi) is 11.2. The van der Waals surface area contributed by atoms with Crippen molar-refractivity contribution in [2.45, 2.75) is 0 Å². The first-order valence-corrected chi connectivity index (χ1v) is 18.6. The van der Waals surface area contributed by atoms with Gasteiger partial charge in [0, 0.05) is 7.94 Å². The zero-order valence-electron chi connectivity index (χ0n) is 25.3. The highest BCUT2D eigenvalue weighted by Gasteiger charge is 2.64. The van der Waals surface area contributed by atoms with Gasteiger partial charge in [0.05, 0.1) is 0 Å². The van der Waals surface area contributed by atoms with Crippen LogP contribution in [0.2, 0.25) is 0 Å². The fourth-order valence-corrected chi connectivity index (χ4v) is 8.81. The molecule has 12 heteroatoms. The van der Waals surface area contributed by atoms with E-state index in [1.165, 1.54) is 0 Å². The summed E-state index contributed by atoms with van der Waals surface area (Å²) in [6.45, 7) is 0. The Balaban J connectivity index is 1.41. The van der Waals surface area contributed by atoms with Crippen molar-refractivity contribution in [3.05, 3.63) is 182 Å². The second kappa shape index (κ2) is 16.2. The Morgan fingerprint density at radius 1 is 0.292 bits per heavy atom. The molecule has 0 aromatic heterocycles. The van der Waals surface area contributed by atoms with Gasteiger partial charge in [-0.1, -0.05) is 109 Å². The monoisotopic (exact) mass is 700 g/mol. The molecular formula is C36H30O9P2S+2. The van der Waals surface area contributed by atoms with E-state index in [-0.39, 0.29) is 0 Å². The molecule has 0 saturated heterocycles. The summed E-state index contributed by atoms with van der Waals surface area (Å²) >= 11 is -2.75. The highest BCUT2D eigenvalue weighted by molar-refractivity contribution is 7.87. The molecule has 6 aromatic carbocycles. The first kappa shape index (κ1) is 33.0. The molecule has 0 radical (unpaired) electrons. The molecule has 0 amide bonds. The van der Waals surface area contributed by atoms with Crippen LogP contribution in [-0.2, 0) is 19.3 Å². The van der Waals surface area contributed by atoms with Crippen molar-refractivity contribution < 1.29 is 39.3 Å². The van der Waals surface area contributed by atoms with Crippen LogP contribution in [-0.4, -0.2) is 4.21 Å². The molecule has 6 rings (SSSR count). The van der Waals surface area contributed by atoms with Crippen LogP contribution in [0.4, 0.5) is 0 Å². The number of hydrogen-bond acceptors (Lipinski definition) is 9. The summed E-state index contributed by atoms with van der Waals surface area (Å²) in [5.74, 6) is 1.99. The van der Waals surface area contributed by atoms with Gasteiger partial charge in [-0.25, -0.2) is 27.1 Å². The Morgan fingerprint density at radius 3 is 0.625 bits per heavy atom. The van der Waals surface area contributed by atoms with Crippen LogP contribution in [0.3, 0.4) is 0 Å². The second-order valence-corrected chi connectivity index (χ2v) is 14.2. The number of rotatable bonds is 16. The average molecular weight is 701 g/mol. The third-order valence-electron chi connectivity index (χ3n) is 6.07. The van der Waals surface area contributed by atoms with Gasteiger partial charge in [-0.2, -0.15) is 4.21 Å². The van der Waals surface area contributed by atoms with Crippen LogP contribution >= 0.6 is 16.3 Å². The minimum atomic E-state index is -4.13. The van der Waals surface area contributed by atoms with Crippen molar-refractivity contribution in [3.63, 3.8) is 0 Å². The Labute approximate surface area is 282 Å². The molecule has 0 unspecified atom stereocenters. The Bertz CT molecular complexity index is 1500. The molecule has 0 bridgehead atoms. The summed E-state index contributed by atoms with van der Waals surface area (Å²) in [4.78, 5) is 0. The van der Waals surface area contributed by atoms with Crippen molar-refractivity contribution in [2.75, 3.05) is 0 Å². The molecule has 0 aliphatic heterocycles. The van der Waals surface area contributed by atoms with Crippen molar-refractivity contribution in [1.82, 2.24) is 0 Å². The summed E-state index contributed by atoms with van der Waals surface area (Å²) in [5, 5.41) is 0. The van der Waals surface area contributed by atoms with Crippen molar-refractivity contribution in [2.24, 2.45) is 0 Å². The fraction of sp³-hybridized carbons (Fsp3) is 0. The quantitative estimate of drug-likeness (QED) is 0.0915. The standard InChI is InChI=1S/C36H30O9P2S/c37-48(44-46(38-31-19-7-1-8-20-31,39-32-21-9-2-10-22-32)40-33-23-11-3-12-24-33)45-47(41-34-25-13-4-14-26-34,42-35-27-15-5-16-28-35)43-36-29-17-6-18-30-36/h1-30H/q+2. The summed E-state index contributed by atoms with van der Waals surface area (Å²) in [5.41, 5.74) is 0. The molecule has 0 N–H and O–H groups in total. The highest BCUT2D eigenvalue weighted by atomic mass is 32.2. The van der Waals surface area contributed by atoms with Crippen LogP contribution in [0.5, 0.6) is 34.5 Å². The van der Waals surface area contributed by atoms with Gasteiger partial charge in [-0.3, -0.25) is 0 Å². The zero-order valence-corrected chi connectivity index (χ0v) is 27.9. The lowest BCUT2D eigenvalue weighted by Gasteiger charge is -2.21. The molecule has 0 saturated carbocycles. The molecule has 0 aliphatic rings. The van der Waals surface area contributed by atoms with Gasteiger partial charge in [0.2, 0.25) is 0 Å². The molecule has 9 nitrogen and oxygen atoms in total. The number of hydrogen-bond donors (Lipinski definition) is 0. The van der Waals surface area contributed by atoms with Crippen molar-refractivity contribution in [3.8, 4) is 34.5 Å². The van der Waals surface area contributed by atoms with Gasteiger partial charge in [0.25, 0.3) is 0 Å². The number of para-hydroxylation sites is 6. The maximum absolute atomic E-state index is 14.3. The van der Waals surface area contributed by atoms with Gasteiger partial charge >= 0.3 is 27.7 Å². The lowest BCUT2D eigenvalue weighted by molar-refractivity contribution is 0.241. The summed E-state index contributed by atoms with van der Waals surface area (Å²) in [7, 11) is -8.25. The number of benzene rings is 6. The van der Waals surface area contributed by atoms with Crippen LogP contribution in [0, 0.1) is 0 Å². The molecule has 242 valence electrons. The Hall–Kier alpha value is -4.95. The maximum atomic E-state index is 14.3. The van der Waals surface area contributed by atoms with Gasteiger partial charge in [-0.05, 0) is 72.8 Å². The van der Waals surface area contributed by atoms with Gasteiger partial charge in [0.15, 0.2) is 34.5 Å². The average Bonchev–Trinajstić information content (AvgIpc) is 3.11. The predicted molar refractivity (Wildman–Crippen MR) is 187 cm³/mol. The van der Waals surface area contributed by atoms with Gasteiger partial charge in [-0.15, -0.1) is 0 Å². The molecule has 0 aliphatic carbocycles. The maximum Gasteiger partial charge on any atom is 0.734 e. The van der Waals surface area contributed by atoms with E-state index in [4.69, 9.17) is 35.1 Å². The Morgan fingerprint density at radius 2 is 0.458 bits per heavy atom. The smallest absolute Gasteiger partial charge is 0.247 e. The molecule has 6 aromatic rings. The molecule has 0 atom stereocenters.